The predicted octanol–water partition coefficient (Wildman–Crippen LogP) is 4.36. The summed E-state index contributed by atoms with van der Waals surface area (Å²) in [7, 11) is 1.46. The van der Waals surface area contributed by atoms with Crippen LogP contribution in [0.3, 0.4) is 0 Å². The Morgan fingerprint density at radius 3 is 2.44 bits per heavy atom. The van der Waals surface area contributed by atoms with Crippen LogP contribution in [0.5, 0.6) is 5.75 Å². The normalized spacial score (nSPS) is 15.2. The molecule has 0 unspecified atom stereocenters. The Bertz CT molecular complexity index is 1760. The number of fused-ring (bicyclic) bond motifs is 1. The van der Waals surface area contributed by atoms with Gasteiger partial charge in [-0.15, -0.1) is 0 Å². The second kappa shape index (κ2) is 12.7. The average molecular weight is 641 g/mol. The fourth-order valence-corrected chi connectivity index (χ4v) is 4.57. The molecule has 240 valence electrons. The number of rotatable bonds is 10. The molecule has 1 N–H and O–H groups in total. The lowest BCUT2D eigenvalue weighted by Crippen LogP contribution is -2.34. The van der Waals surface area contributed by atoms with Gasteiger partial charge < -0.3 is 19.7 Å². The molecule has 0 radical (unpaired) electrons. The van der Waals surface area contributed by atoms with Crippen LogP contribution in [-0.4, -0.2) is 55.8 Å². The molecule has 4 aromatic rings. The van der Waals surface area contributed by atoms with Crippen molar-refractivity contribution < 1.29 is 38.6 Å². The number of halogens is 6. The maximum atomic E-state index is 14.1. The van der Waals surface area contributed by atoms with Crippen LogP contribution in [0.2, 0.25) is 0 Å². The fraction of sp³-hybridized carbons (Fsp3) is 0.393. The first-order valence-electron chi connectivity index (χ1n) is 14.5. The highest BCUT2D eigenvalue weighted by molar-refractivity contribution is 5.50. The van der Waals surface area contributed by atoms with E-state index in [-0.39, 0.29) is 18.9 Å². The van der Waals surface area contributed by atoms with E-state index < -0.39 is 53.9 Å². The Morgan fingerprint density at radius 1 is 1.04 bits per heavy atom. The monoisotopic (exact) mass is 640 g/mol. The Hall–Kier alpha value is -4.67. The largest absolute Gasteiger partial charge is 0.497 e. The molecule has 1 aliphatic rings. The van der Waals surface area contributed by atoms with Gasteiger partial charge in [0.2, 0.25) is 0 Å². The highest BCUT2D eigenvalue weighted by Gasteiger charge is 2.38. The zero-order chi connectivity index (χ0) is 34.1. The van der Waals surface area contributed by atoms with Gasteiger partial charge in [0, 0.05) is 18.8 Å². The van der Waals surface area contributed by atoms with Crippen LogP contribution >= 0.6 is 0 Å². The van der Waals surface area contributed by atoms with Gasteiger partial charge in [-0.1, -0.05) is 12.1 Å². The van der Waals surface area contributed by atoms with E-state index in [0.717, 1.165) is 18.5 Å². The molecule has 11 nitrogen and oxygen atoms in total. The standard InChI is InChI=1S/C28H28F6N8O3/c1-17(37-21-12-36-42(26(43)25(21)28(32,33)34)13-18-3-6-20(44-2)7-4-18)15-45-16-22-38-24-14-40(9-10-41(24)39-22)23-8-5-19(11-35-23)27(29,30)31/h3-8,11-12,17,37H,9-10,13-16H2,1-2H3/t17-/m0/s1/i15D2. The van der Waals surface area contributed by atoms with E-state index in [4.69, 9.17) is 12.2 Å². The van der Waals surface area contributed by atoms with Crippen LogP contribution in [0.1, 0.15) is 38.0 Å². The smallest absolute Gasteiger partial charge is 0.423 e. The SMILES string of the molecule is [2H]C([2H])(OCc1nc2n(n1)CCN(c1ccc(C(F)(F)F)cn1)C2)[C@H](C)Nc1cnn(Cc2ccc(OC)cc2)c(=O)c1C(F)(F)F. The molecule has 0 fully saturated rings. The van der Waals surface area contributed by atoms with E-state index in [2.05, 4.69) is 25.5 Å². The molecule has 1 atom stereocenters. The highest BCUT2D eigenvalue weighted by Crippen LogP contribution is 2.32. The van der Waals surface area contributed by atoms with Gasteiger partial charge in [-0.25, -0.2) is 19.3 Å². The third-order valence-corrected chi connectivity index (χ3v) is 6.76. The molecule has 3 aromatic heterocycles. The van der Waals surface area contributed by atoms with Crippen molar-refractivity contribution >= 4 is 11.5 Å². The molecular formula is C28H28F6N8O3. The molecule has 0 bridgehead atoms. The Balaban J connectivity index is 1.24. The number of methoxy groups -OCH3 is 1. The van der Waals surface area contributed by atoms with Crippen LogP contribution in [-0.2, 0) is 43.3 Å². The van der Waals surface area contributed by atoms with Crippen molar-refractivity contribution in [2.75, 3.05) is 30.4 Å². The van der Waals surface area contributed by atoms with Crippen molar-refractivity contribution in [3.05, 3.63) is 87.5 Å². The maximum Gasteiger partial charge on any atom is 0.423 e. The van der Waals surface area contributed by atoms with Crippen molar-refractivity contribution in [1.29, 1.82) is 0 Å². The minimum absolute atomic E-state index is 0.0806. The Kier molecular flexibility index (Phi) is 8.23. The van der Waals surface area contributed by atoms with Crippen molar-refractivity contribution in [3.63, 3.8) is 0 Å². The van der Waals surface area contributed by atoms with Crippen LogP contribution in [0.15, 0.2) is 53.6 Å². The van der Waals surface area contributed by atoms with E-state index in [9.17, 15) is 31.1 Å². The van der Waals surface area contributed by atoms with Crippen molar-refractivity contribution in [2.45, 2.75) is 51.6 Å². The first kappa shape index (κ1) is 29.1. The molecule has 4 heterocycles. The first-order chi connectivity index (χ1) is 22.0. The maximum absolute atomic E-state index is 14.1. The van der Waals surface area contributed by atoms with E-state index in [1.165, 1.54) is 20.1 Å². The molecule has 0 aliphatic carbocycles. The van der Waals surface area contributed by atoms with Gasteiger partial charge >= 0.3 is 12.4 Å². The zero-order valence-electron chi connectivity index (χ0n) is 25.9. The molecule has 0 spiro atoms. The van der Waals surface area contributed by atoms with Gasteiger partial charge in [-0.2, -0.15) is 36.5 Å². The lowest BCUT2D eigenvalue weighted by Gasteiger charge is -2.27. The van der Waals surface area contributed by atoms with Crippen LogP contribution in [0.4, 0.5) is 37.8 Å². The number of nitrogens with zero attached hydrogens (tertiary/aromatic N) is 7. The van der Waals surface area contributed by atoms with Gasteiger partial charge in [0.1, 0.15) is 29.6 Å². The lowest BCUT2D eigenvalue weighted by molar-refractivity contribution is -0.139. The molecule has 0 saturated heterocycles. The molecule has 1 aliphatic heterocycles. The summed E-state index contributed by atoms with van der Waals surface area (Å²) in [6.45, 7) is -1.19. The van der Waals surface area contributed by atoms with Gasteiger partial charge in [0.25, 0.3) is 5.56 Å². The summed E-state index contributed by atoms with van der Waals surface area (Å²) >= 11 is 0. The number of nitrogens with one attached hydrogen (secondary N) is 1. The molecule has 45 heavy (non-hydrogen) atoms. The molecule has 0 saturated carbocycles. The minimum Gasteiger partial charge on any atom is -0.497 e. The number of ether oxygens (including phenoxy) is 2. The molecule has 1 aromatic carbocycles. The fourth-order valence-electron chi connectivity index (χ4n) is 4.57. The van der Waals surface area contributed by atoms with Gasteiger partial charge in [0.15, 0.2) is 5.82 Å². The highest BCUT2D eigenvalue weighted by atomic mass is 19.4. The van der Waals surface area contributed by atoms with Crippen molar-refractivity contribution in [2.24, 2.45) is 0 Å². The average Bonchev–Trinajstić information content (AvgIpc) is 3.43. The summed E-state index contributed by atoms with van der Waals surface area (Å²) in [4.78, 5) is 22.8. The predicted molar refractivity (Wildman–Crippen MR) is 149 cm³/mol. The Morgan fingerprint density at radius 2 is 1.80 bits per heavy atom. The summed E-state index contributed by atoms with van der Waals surface area (Å²) in [6, 6.07) is 7.13. The van der Waals surface area contributed by atoms with Crippen molar-refractivity contribution in [3.8, 4) is 5.75 Å². The second-order valence-electron chi connectivity index (χ2n) is 10.0. The summed E-state index contributed by atoms with van der Waals surface area (Å²) in [6.07, 6.45) is -8.05. The van der Waals surface area contributed by atoms with Gasteiger partial charge in [-0.05, 0) is 36.8 Å². The zero-order valence-corrected chi connectivity index (χ0v) is 23.9. The summed E-state index contributed by atoms with van der Waals surface area (Å²) in [5.41, 5.74) is -4.05. The summed E-state index contributed by atoms with van der Waals surface area (Å²) < 4.78 is 110. The molecule has 0 amide bonds. The number of hydrogen-bond acceptors (Lipinski definition) is 9. The number of alkyl halides is 6. The van der Waals surface area contributed by atoms with Gasteiger partial charge in [-0.3, -0.25) is 4.79 Å². The minimum atomic E-state index is -5.08. The quantitative estimate of drug-likeness (QED) is 0.253. The van der Waals surface area contributed by atoms with Crippen molar-refractivity contribution in [1.82, 2.24) is 29.5 Å². The molecule has 5 rings (SSSR count). The van der Waals surface area contributed by atoms with E-state index in [0.29, 0.717) is 40.7 Å². The first-order valence-corrected chi connectivity index (χ1v) is 13.5. The van der Waals surface area contributed by atoms with Crippen LogP contribution in [0, 0.1) is 0 Å². The molecular weight excluding hydrogens is 610 g/mol. The summed E-state index contributed by atoms with van der Waals surface area (Å²) in [5.74, 6) is 1.35. The van der Waals surface area contributed by atoms with Gasteiger partial charge in [0.05, 0.1) is 53.5 Å². The summed E-state index contributed by atoms with van der Waals surface area (Å²) in [5, 5.41) is 10.5. The number of benzene rings is 1. The number of aromatic nitrogens is 6. The topological polar surface area (TPSA) is 112 Å². The third-order valence-electron chi connectivity index (χ3n) is 6.76. The lowest BCUT2D eigenvalue weighted by atomic mass is 10.2. The van der Waals surface area contributed by atoms with Crippen LogP contribution in [0.25, 0.3) is 0 Å². The number of pyridine rings is 1. The second-order valence-corrected chi connectivity index (χ2v) is 10.0. The van der Waals surface area contributed by atoms with E-state index in [1.54, 1.807) is 33.8 Å². The van der Waals surface area contributed by atoms with E-state index in [1.807, 2.05) is 0 Å². The third kappa shape index (κ3) is 7.53. The number of hydrogen-bond donors (Lipinski definition) is 1. The number of anilines is 2. The van der Waals surface area contributed by atoms with Crippen LogP contribution < -0.4 is 20.5 Å². The van der Waals surface area contributed by atoms with E-state index >= 15 is 0 Å². The molecule has 17 heteroatoms. The Labute approximate surface area is 255 Å².